The summed E-state index contributed by atoms with van der Waals surface area (Å²) >= 11 is 0. The van der Waals surface area contributed by atoms with Gasteiger partial charge in [0.2, 0.25) is 0 Å². The molecule has 0 heteroatoms. The standard InChI is InChI=1S/C18H28/c1-3-15(2)18(17-12-8-5-9-13-17)14-16-10-6-4-7-11-16/h5,8-9,12-13,15-16,18H,3-4,6-7,10-11,14H2,1-2H3. The molecule has 100 valence electrons. The van der Waals surface area contributed by atoms with Crippen molar-refractivity contribution in [2.75, 3.05) is 0 Å². The molecule has 1 aliphatic carbocycles. The van der Waals surface area contributed by atoms with Crippen LogP contribution in [0.3, 0.4) is 0 Å². The van der Waals surface area contributed by atoms with E-state index in [1.165, 1.54) is 44.9 Å². The van der Waals surface area contributed by atoms with Crippen molar-refractivity contribution < 1.29 is 0 Å². The first-order valence-electron chi connectivity index (χ1n) is 7.86. The highest BCUT2D eigenvalue weighted by Gasteiger charge is 2.23. The molecule has 1 saturated carbocycles. The first-order chi connectivity index (χ1) is 8.81. The molecular weight excluding hydrogens is 216 g/mol. The van der Waals surface area contributed by atoms with Crippen LogP contribution in [0.2, 0.25) is 0 Å². The Morgan fingerprint density at radius 3 is 2.33 bits per heavy atom. The monoisotopic (exact) mass is 244 g/mol. The summed E-state index contributed by atoms with van der Waals surface area (Å²) in [6.45, 7) is 4.77. The number of rotatable bonds is 5. The van der Waals surface area contributed by atoms with E-state index in [4.69, 9.17) is 0 Å². The molecule has 1 aromatic carbocycles. The third kappa shape index (κ3) is 3.60. The van der Waals surface area contributed by atoms with Crippen LogP contribution < -0.4 is 0 Å². The van der Waals surface area contributed by atoms with Crippen LogP contribution in [0.4, 0.5) is 0 Å². The Morgan fingerprint density at radius 2 is 1.72 bits per heavy atom. The first kappa shape index (κ1) is 13.6. The lowest BCUT2D eigenvalue weighted by atomic mass is 9.75. The van der Waals surface area contributed by atoms with Crippen molar-refractivity contribution in [2.24, 2.45) is 11.8 Å². The van der Waals surface area contributed by atoms with Gasteiger partial charge in [-0.25, -0.2) is 0 Å². The van der Waals surface area contributed by atoms with Gasteiger partial charge in [-0.3, -0.25) is 0 Å². The fourth-order valence-corrected chi connectivity index (χ4v) is 3.46. The zero-order valence-corrected chi connectivity index (χ0v) is 12.1. The minimum Gasteiger partial charge on any atom is -0.0651 e. The highest BCUT2D eigenvalue weighted by Crippen LogP contribution is 2.37. The third-order valence-corrected chi connectivity index (χ3v) is 4.87. The predicted molar refractivity (Wildman–Crippen MR) is 79.8 cm³/mol. The summed E-state index contributed by atoms with van der Waals surface area (Å²) in [5.41, 5.74) is 1.57. The van der Waals surface area contributed by atoms with Crippen molar-refractivity contribution >= 4 is 0 Å². The second-order valence-electron chi connectivity index (χ2n) is 6.14. The quantitative estimate of drug-likeness (QED) is 0.615. The summed E-state index contributed by atoms with van der Waals surface area (Å²) in [4.78, 5) is 0. The predicted octanol–water partition coefficient (Wildman–Crippen LogP) is 5.79. The van der Waals surface area contributed by atoms with E-state index in [0.29, 0.717) is 0 Å². The molecule has 0 saturated heterocycles. The van der Waals surface area contributed by atoms with Gasteiger partial charge >= 0.3 is 0 Å². The molecular formula is C18H28. The second-order valence-corrected chi connectivity index (χ2v) is 6.14. The van der Waals surface area contributed by atoms with Crippen molar-refractivity contribution in [3.8, 4) is 0 Å². The topological polar surface area (TPSA) is 0 Å². The maximum absolute atomic E-state index is 2.43. The molecule has 2 unspecified atom stereocenters. The summed E-state index contributed by atoms with van der Waals surface area (Å²) in [6.07, 6.45) is 10.1. The zero-order valence-electron chi connectivity index (χ0n) is 12.1. The molecule has 2 atom stereocenters. The summed E-state index contributed by atoms with van der Waals surface area (Å²) in [6, 6.07) is 11.2. The summed E-state index contributed by atoms with van der Waals surface area (Å²) in [7, 11) is 0. The molecule has 0 heterocycles. The number of hydrogen-bond donors (Lipinski definition) is 0. The zero-order chi connectivity index (χ0) is 12.8. The molecule has 0 bridgehead atoms. The average Bonchev–Trinajstić information content (AvgIpc) is 2.46. The maximum Gasteiger partial charge on any atom is -0.0134 e. The molecule has 0 radical (unpaired) electrons. The van der Waals surface area contributed by atoms with Crippen LogP contribution in [0.1, 0.15) is 70.3 Å². The smallest absolute Gasteiger partial charge is 0.0134 e. The van der Waals surface area contributed by atoms with Crippen LogP contribution in [0, 0.1) is 11.8 Å². The molecule has 1 aliphatic rings. The summed E-state index contributed by atoms with van der Waals surface area (Å²) in [5, 5.41) is 0. The van der Waals surface area contributed by atoms with E-state index in [1.54, 1.807) is 5.56 Å². The molecule has 1 aromatic rings. The van der Waals surface area contributed by atoms with E-state index in [9.17, 15) is 0 Å². The molecule has 2 rings (SSSR count). The number of benzene rings is 1. The Balaban J connectivity index is 2.05. The van der Waals surface area contributed by atoms with Crippen LogP contribution in [-0.4, -0.2) is 0 Å². The largest absolute Gasteiger partial charge is 0.0651 e. The van der Waals surface area contributed by atoms with Gasteiger partial charge in [0, 0.05) is 0 Å². The lowest BCUT2D eigenvalue weighted by molar-refractivity contribution is 0.283. The van der Waals surface area contributed by atoms with Crippen LogP contribution in [0.25, 0.3) is 0 Å². The van der Waals surface area contributed by atoms with Gasteiger partial charge in [0.15, 0.2) is 0 Å². The SMILES string of the molecule is CCC(C)C(CC1CCCCC1)c1ccccc1. The molecule has 0 amide bonds. The van der Waals surface area contributed by atoms with Crippen LogP contribution in [0.5, 0.6) is 0 Å². The van der Waals surface area contributed by atoms with Crippen molar-refractivity contribution in [3.63, 3.8) is 0 Å². The lowest BCUT2D eigenvalue weighted by Crippen LogP contribution is -2.16. The van der Waals surface area contributed by atoms with E-state index in [0.717, 1.165) is 17.8 Å². The molecule has 0 spiro atoms. The summed E-state index contributed by atoms with van der Waals surface area (Å²) < 4.78 is 0. The first-order valence-corrected chi connectivity index (χ1v) is 7.86. The highest BCUT2D eigenvalue weighted by atomic mass is 14.3. The average molecular weight is 244 g/mol. The van der Waals surface area contributed by atoms with Gasteiger partial charge in [0.25, 0.3) is 0 Å². The van der Waals surface area contributed by atoms with Gasteiger partial charge in [-0.1, -0.05) is 82.7 Å². The molecule has 0 aliphatic heterocycles. The van der Waals surface area contributed by atoms with Crippen molar-refractivity contribution in [2.45, 2.75) is 64.7 Å². The van der Waals surface area contributed by atoms with Crippen molar-refractivity contribution in [1.82, 2.24) is 0 Å². The Hall–Kier alpha value is -0.780. The molecule has 1 fully saturated rings. The molecule has 0 nitrogen and oxygen atoms in total. The highest BCUT2D eigenvalue weighted by molar-refractivity contribution is 5.20. The van der Waals surface area contributed by atoms with E-state index < -0.39 is 0 Å². The van der Waals surface area contributed by atoms with Crippen LogP contribution >= 0.6 is 0 Å². The minimum atomic E-state index is 0.777. The fourth-order valence-electron chi connectivity index (χ4n) is 3.46. The fraction of sp³-hybridized carbons (Fsp3) is 0.667. The van der Waals surface area contributed by atoms with Gasteiger partial charge in [-0.05, 0) is 29.7 Å². The molecule has 18 heavy (non-hydrogen) atoms. The molecule has 0 aromatic heterocycles. The summed E-state index contributed by atoms with van der Waals surface area (Å²) in [5.74, 6) is 2.58. The Kier molecular flexibility index (Phi) is 5.28. The van der Waals surface area contributed by atoms with Gasteiger partial charge < -0.3 is 0 Å². The van der Waals surface area contributed by atoms with Gasteiger partial charge in [0.1, 0.15) is 0 Å². The van der Waals surface area contributed by atoms with E-state index in [-0.39, 0.29) is 0 Å². The Bertz CT molecular complexity index is 321. The van der Waals surface area contributed by atoms with Crippen molar-refractivity contribution in [1.29, 1.82) is 0 Å². The molecule has 0 N–H and O–H groups in total. The Labute approximate surface area is 113 Å². The van der Waals surface area contributed by atoms with Gasteiger partial charge in [-0.15, -0.1) is 0 Å². The van der Waals surface area contributed by atoms with Gasteiger partial charge in [0.05, 0.1) is 0 Å². The second kappa shape index (κ2) is 6.97. The third-order valence-electron chi connectivity index (χ3n) is 4.87. The normalized spacial score (nSPS) is 20.6. The Morgan fingerprint density at radius 1 is 1.06 bits per heavy atom. The van der Waals surface area contributed by atoms with Crippen LogP contribution in [0.15, 0.2) is 30.3 Å². The van der Waals surface area contributed by atoms with Gasteiger partial charge in [-0.2, -0.15) is 0 Å². The van der Waals surface area contributed by atoms with E-state index in [2.05, 4.69) is 44.2 Å². The van der Waals surface area contributed by atoms with Crippen LogP contribution in [-0.2, 0) is 0 Å². The van der Waals surface area contributed by atoms with E-state index in [1.807, 2.05) is 0 Å². The van der Waals surface area contributed by atoms with E-state index >= 15 is 0 Å². The number of hydrogen-bond acceptors (Lipinski definition) is 0. The minimum absolute atomic E-state index is 0.777. The maximum atomic E-state index is 2.43. The lowest BCUT2D eigenvalue weighted by Gasteiger charge is -2.30. The van der Waals surface area contributed by atoms with Crippen molar-refractivity contribution in [3.05, 3.63) is 35.9 Å².